The molecule has 0 amide bonds. The Bertz CT molecular complexity index is 371. The van der Waals surface area contributed by atoms with E-state index in [-0.39, 0.29) is 19.8 Å². The first-order chi connectivity index (χ1) is 19.2. The van der Waals surface area contributed by atoms with Crippen molar-refractivity contribution in [2.75, 3.05) is 159 Å². The van der Waals surface area contributed by atoms with Crippen LogP contribution in [-0.4, -0.2) is 204 Å². The van der Waals surface area contributed by atoms with Gasteiger partial charge in [0.15, 0.2) is 0 Å². The third kappa shape index (κ3) is 33.7. The number of hydrogen-bond acceptors (Lipinski definition) is 12. The molecule has 0 aromatic rings. The molecule has 0 rings (SSSR count). The van der Waals surface area contributed by atoms with Gasteiger partial charge in [0.05, 0.1) is 19.8 Å². The maximum Gasteiger partial charge on any atom is 0.0558 e. The Kier molecular flexibility index (Phi) is 38.2. The van der Waals surface area contributed by atoms with Crippen LogP contribution in [0.3, 0.4) is 0 Å². The molecular formula is C28H71N9O3. The van der Waals surface area contributed by atoms with Crippen LogP contribution in [0.15, 0.2) is 0 Å². The normalized spacial score (nSPS) is 11.6. The van der Waals surface area contributed by atoms with Gasteiger partial charge in [0.25, 0.3) is 0 Å². The van der Waals surface area contributed by atoms with Crippen LogP contribution in [0.2, 0.25) is 0 Å². The van der Waals surface area contributed by atoms with Crippen molar-refractivity contribution in [3.05, 3.63) is 0 Å². The Hall–Kier alpha value is -0.480. The minimum Gasteiger partial charge on any atom is -0.395 e. The van der Waals surface area contributed by atoms with Gasteiger partial charge in [0, 0.05) is 98.2 Å². The maximum atomic E-state index is 8.90. The molecule has 0 heterocycles. The summed E-state index contributed by atoms with van der Waals surface area (Å²) in [6.07, 6.45) is 2.24. The highest BCUT2D eigenvalue weighted by Crippen LogP contribution is 1.95. The average Bonchev–Trinajstić information content (AvgIpc) is 2.91. The van der Waals surface area contributed by atoms with Gasteiger partial charge in [-0.05, 0) is 54.1 Å². The van der Waals surface area contributed by atoms with Gasteiger partial charge < -0.3 is 47.2 Å². The van der Waals surface area contributed by atoms with Crippen molar-refractivity contribution in [1.82, 2.24) is 29.4 Å². The smallest absolute Gasteiger partial charge is 0.0558 e. The van der Waals surface area contributed by atoms with Crippen LogP contribution >= 0.6 is 0 Å². The van der Waals surface area contributed by atoms with Crippen molar-refractivity contribution >= 4 is 0 Å². The lowest BCUT2D eigenvalue weighted by atomic mass is 10.3. The highest BCUT2D eigenvalue weighted by atomic mass is 16.3. The van der Waals surface area contributed by atoms with E-state index in [1.54, 1.807) is 0 Å². The lowest BCUT2D eigenvalue weighted by Gasteiger charge is -2.26. The summed E-state index contributed by atoms with van der Waals surface area (Å²) >= 11 is 0. The second-order valence-electron chi connectivity index (χ2n) is 10.5. The predicted molar refractivity (Wildman–Crippen MR) is 172 cm³/mol. The fourth-order valence-corrected chi connectivity index (χ4v) is 3.91. The van der Waals surface area contributed by atoms with Gasteiger partial charge >= 0.3 is 0 Å². The van der Waals surface area contributed by atoms with Crippen LogP contribution in [0.25, 0.3) is 0 Å². The minimum atomic E-state index is 0.119. The van der Waals surface area contributed by atoms with Gasteiger partial charge in [-0.15, -0.1) is 0 Å². The van der Waals surface area contributed by atoms with Crippen LogP contribution < -0.4 is 17.2 Å². The third-order valence-electron chi connectivity index (χ3n) is 6.12. The molecule has 0 aromatic heterocycles. The topological polar surface area (TPSA) is 158 Å². The Morgan fingerprint density at radius 2 is 0.625 bits per heavy atom. The van der Waals surface area contributed by atoms with Crippen molar-refractivity contribution in [2.24, 2.45) is 17.2 Å². The fraction of sp³-hybridized carbons (Fsp3) is 1.00. The standard InChI is InChI=1S/C11H29N5.C11H26N2O3.C6H16N2/c1-2-6-15(7-3-12)10-11-16(8-4-13)9-5-14;1-2-3-12(6-9-14)4-5-13(7-10-15)8-11-16;1-7(2)5-6-8(3)4/h2-14H2,1H3;14-16H,2-11H2,1H3;5-6H2,1-4H3. The number of aliphatic hydroxyl groups excluding tert-OH is 3. The molecule has 0 saturated heterocycles. The average molecular weight is 582 g/mol. The molecule has 0 aliphatic carbocycles. The molecule has 9 N–H and O–H groups in total. The Morgan fingerprint density at radius 1 is 0.375 bits per heavy atom. The van der Waals surface area contributed by atoms with Crippen LogP contribution in [0.5, 0.6) is 0 Å². The first-order valence-electron chi connectivity index (χ1n) is 15.3. The van der Waals surface area contributed by atoms with E-state index in [0.717, 1.165) is 85.0 Å². The largest absolute Gasteiger partial charge is 0.395 e. The van der Waals surface area contributed by atoms with E-state index >= 15 is 0 Å². The van der Waals surface area contributed by atoms with Crippen LogP contribution in [-0.2, 0) is 0 Å². The number of likely N-dealkylation sites (N-methyl/N-ethyl adjacent to an activating group) is 2. The molecule has 0 unspecified atom stereocenters. The van der Waals surface area contributed by atoms with Crippen LogP contribution in [0.4, 0.5) is 0 Å². The highest BCUT2D eigenvalue weighted by Gasteiger charge is 2.08. The van der Waals surface area contributed by atoms with E-state index < -0.39 is 0 Å². The first kappa shape index (κ1) is 44.0. The van der Waals surface area contributed by atoms with Gasteiger partial charge in [-0.1, -0.05) is 13.8 Å². The summed E-state index contributed by atoms with van der Waals surface area (Å²) in [6, 6.07) is 0. The molecule has 0 radical (unpaired) electrons. The van der Waals surface area contributed by atoms with Crippen molar-refractivity contribution < 1.29 is 15.3 Å². The first-order valence-corrected chi connectivity index (χ1v) is 15.3. The molecule has 246 valence electrons. The van der Waals surface area contributed by atoms with E-state index in [0.29, 0.717) is 32.7 Å². The molecule has 12 heteroatoms. The van der Waals surface area contributed by atoms with Gasteiger partial charge in [-0.3, -0.25) is 14.7 Å². The monoisotopic (exact) mass is 582 g/mol. The number of nitrogens with zero attached hydrogens (tertiary/aromatic N) is 6. The van der Waals surface area contributed by atoms with Crippen molar-refractivity contribution in [3.8, 4) is 0 Å². The van der Waals surface area contributed by atoms with Gasteiger partial charge in [0.2, 0.25) is 0 Å². The summed E-state index contributed by atoms with van der Waals surface area (Å²) < 4.78 is 0. The minimum absolute atomic E-state index is 0.119. The zero-order valence-electron chi connectivity index (χ0n) is 27.3. The third-order valence-corrected chi connectivity index (χ3v) is 6.12. The number of aliphatic hydroxyl groups is 3. The van der Waals surface area contributed by atoms with Crippen LogP contribution in [0.1, 0.15) is 26.7 Å². The molecular weight excluding hydrogens is 510 g/mol. The SMILES string of the molecule is CCCN(CCN)CCN(CCN)CCN.CCCN(CCO)CCN(CCO)CCO.CN(C)CCN(C)C. The fourth-order valence-electron chi connectivity index (χ4n) is 3.91. The summed E-state index contributed by atoms with van der Waals surface area (Å²) in [5, 5.41) is 26.6. The van der Waals surface area contributed by atoms with E-state index in [2.05, 4.69) is 66.5 Å². The predicted octanol–water partition coefficient (Wildman–Crippen LogP) is -2.04. The lowest BCUT2D eigenvalue weighted by molar-refractivity contribution is 0.133. The molecule has 0 atom stereocenters. The van der Waals surface area contributed by atoms with Crippen molar-refractivity contribution in [3.63, 3.8) is 0 Å². The molecule has 0 aliphatic rings. The molecule has 0 saturated carbocycles. The Morgan fingerprint density at radius 3 is 0.850 bits per heavy atom. The quantitative estimate of drug-likeness (QED) is 0.0703. The zero-order chi connectivity index (χ0) is 31.0. The van der Waals surface area contributed by atoms with Gasteiger partial charge in [0.1, 0.15) is 0 Å². The van der Waals surface area contributed by atoms with Crippen molar-refractivity contribution in [1.29, 1.82) is 0 Å². The van der Waals surface area contributed by atoms with E-state index in [1.807, 2.05) is 4.90 Å². The molecule has 0 spiro atoms. The molecule has 0 bridgehead atoms. The maximum absolute atomic E-state index is 8.90. The summed E-state index contributed by atoms with van der Waals surface area (Å²) in [5.41, 5.74) is 16.7. The summed E-state index contributed by atoms with van der Waals surface area (Å²) in [7, 11) is 8.35. The van der Waals surface area contributed by atoms with Crippen molar-refractivity contribution in [2.45, 2.75) is 26.7 Å². The van der Waals surface area contributed by atoms with Gasteiger partial charge in [-0.2, -0.15) is 0 Å². The number of nitrogens with two attached hydrogens (primary N) is 3. The second kappa shape index (κ2) is 34.7. The highest BCUT2D eigenvalue weighted by molar-refractivity contribution is 4.65. The Balaban J connectivity index is -0.000000543. The zero-order valence-corrected chi connectivity index (χ0v) is 27.3. The van der Waals surface area contributed by atoms with Crippen LogP contribution in [0, 0.1) is 0 Å². The molecule has 0 fully saturated rings. The molecule has 0 aromatic carbocycles. The summed E-state index contributed by atoms with van der Waals surface area (Å²) in [5.74, 6) is 0. The Labute approximate surface area is 248 Å². The van der Waals surface area contributed by atoms with E-state index in [4.69, 9.17) is 32.5 Å². The molecule has 0 aliphatic heterocycles. The number of hydrogen-bond donors (Lipinski definition) is 6. The number of rotatable bonds is 25. The molecule has 12 nitrogen and oxygen atoms in total. The van der Waals surface area contributed by atoms with E-state index in [1.165, 1.54) is 6.42 Å². The summed E-state index contributed by atoms with van der Waals surface area (Å²) in [6.45, 7) is 19.8. The second-order valence-corrected chi connectivity index (χ2v) is 10.5. The lowest BCUT2D eigenvalue weighted by Crippen LogP contribution is -2.41. The van der Waals surface area contributed by atoms with Gasteiger partial charge in [-0.25, -0.2) is 0 Å². The summed E-state index contributed by atoms with van der Waals surface area (Å²) in [4.78, 5) is 13.3. The molecule has 40 heavy (non-hydrogen) atoms. The van der Waals surface area contributed by atoms with E-state index in [9.17, 15) is 0 Å².